The van der Waals surface area contributed by atoms with Crippen LogP contribution in [0.4, 0.5) is 0 Å². The third-order valence-electron chi connectivity index (χ3n) is 14.6. The fraction of sp³-hybridized carbons (Fsp3) is 0.0294. The molecule has 13 rings (SSSR count). The zero-order chi connectivity index (χ0) is 46.6. The van der Waals surface area contributed by atoms with Crippen LogP contribution in [0.2, 0.25) is 0 Å². The van der Waals surface area contributed by atoms with Gasteiger partial charge in [-0.3, -0.25) is 0 Å². The van der Waals surface area contributed by atoms with Gasteiger partial charge in [0.25, 0.3) is 0 Å². The summed E-state index contributed by atoms with van der Waals surface area (Å²) in [6.07, 6.45) is 0. The number of aromatic nitrogens is 2. The van der Waals surface area contributed by atoms with Gasteiger partial charge >= 0.3 is 0 Å². The molecule has 0 fully saturated rings. The van der Waals surface area contributed by atoms with Crippen LogP contribution in [0.15, 0.2) is 261 Å². The van der Waals surface area contributed by atoms with Gasteiger partial charge in [-0.05, 0) is 131 Å². The number of hydrogen-bond donors (Lipinski definition) is 0. The lowest BCUT2D eigenvalue weighted by Gasteiger charge is -2.28. The molecule has 1 aliphatic rings. The van der Waals surface area contributed by atoms with Crippen LogP contribution in [0.1, 0.15) is 23.6 Å². The number of benzene rings is 11. The van der Waals surface area contributed by atoms with E-state index < -0.39 is 0 Å². The molecule has 12 aromatic rings. The summed E-state index contributed by atoms with van der Waals surface area (Å²) in [5, 5.41) is 4.75. The Balaban J connectivity index is 0.986. The van der Waals surface area contributed by atoms with Crippen molar-refractivity contribution in [2.24, 2.45) is 0 Å². The molecule has 11 aromatic carbocycles. The van der Waals surface area contributed by atoms with Crippen molar-refractivity contribution in [2.45, 2.75) is 12.3 Å². The molecular weight excluding hydrogens is 845 g/mol. The van der Waals surface area contributed by atoms with Gasteiger partial charge in [-0.15, -0.1) is 0 Å². The van der Waals surface area contributed by atoms with E-state index in [4.69, 9.17) is 9.97 Å². The minimum Gasteiger partial charge on any atom is -0.228 e. The molecule has 1 atom stereocenters. The predicted octanol–water partition coefficient (Wildman–Crippen LogP) is 17.8. The van der Waals surface area contributed by atoms with Crippen LogP contribution in [-0.4, -0.2) is 9.97 Å². The summed E-state index contributed by atoms with van der Waals surface area (Å²) in [7, 11) is 0. The first-order valence-electron chi connectivity index (χ1n) is 24.1. The fourth-order valence-corrected chi connectivity index (χ4v) is 11.0. The van der Waals surface area contributed by atoms with Crippen molar-refractivity contribution < 1.29 is 0 Å². The molecule has 0 saturated heterocycles. The first kappa shape index (κ1) is 41.2. The Bertz CT molecular complexity index is 3930. The Hall–Kier alpha value is -8.98. The molecule has 2 nitrogen and oxygen atoms in total. The van der Waals surface area contributed by atoms with Crippen molar-refractivity contribution in [2.75, 3.05) is 0 Å². The summed E-state index contributed by atoms with van der Waals surface area (Å²) in [4.78, 5) is 10.5. The topological polar surface area (TPSA) is 25.8 Å². The largest absolute Gasteiger partial charge is 0.228 e. The lowest BCUT2D eigenvalue weighted by atomic mass is 9.74. The molecule has 0 saturated carbocycles. The SMILES string of the molecule is CC1(c2ccccc2)c2ccccc2-c2ccc(-c3cc(-c4cccc5ccccc45)cc(-c4ccc(-c5cc(-c6ccc(-c7ccccc7)cc6)nc(-c6ccccc6)n5)c5ccccc45)c3)cc21. The van der Waals surface area contributed by atoms with E-state index in [1.165, 1.54) is 77.5 Å². The van der Waals surface area contributed by atoms with Crippen molar-refractivity contribution in [1.82, 2.24) is 9.97 Å². The summed E-state index contributed by atoms with van der Waals surface area (Å²) in [5.74, 6) is 0.696. The standard InChI is InChI=1S/C68H46N2/c1-68(54-24-9-4-10-25-54)63-31-16-15-29-60(63)61-37-36-50(43-64(61)68)51-40-52(56-30-17-23-47-20-11-12-26-55(47)56)42-53(41-51)57-38-39-62(59-28-14-13-27-58(57)59)66-44-65(69-67(70-66)49-21-7-3-8-22-49)48-34-32-46(33-35-48)45-18-5-2-6-19-45/h2-44H,1H3. The van der Waals surface area contributed by atoms with Crippen molar-refractivity contribution in [3.05, 3.63) is 278 Å². The predicted molar refractivity (Wildman–Crippen MR) is 293 cm³/mol. The van der Waals surface area contributed by atoms with E-state index >= 15 is 0 Å². The van der Waals surface area contributed by atoms with Gasteiger partial charge in [0, 0.05) is 22.1 Å². The van der Waals surface area contributed by atoms with Crippen LogP contribution in [0.5, 0.6) is 0 Å². The summed E-state index contributed by atoms with van der Waals surface area (Å²) in [6, 6.07) is 94.7. The normalized spacial score (nSPS) is 13.8. The first-order chi connectivity index (χ1) is 34.6. The minimum absolute atomic E-state index is 0.307. The third kappa shape index (κ3) is 7.04. The highest BCUT2D eigenvalue weighted by Crippen LogP contribution is 2.53. The number of hydrogen-bond acceptors (Lipinski definition) is 2. The second kappa shape index (κ2) is 17.0. The van der Waals surface area contributed by atoms with Gasteiger partial charge in [0.15, 0.2) is 5.82 Å². The van der Waals surface area contributed by atoms with Gasteiger partial charge in [0.1, 0.15) is 0 Å². The highest BCUT2D eigenvalue weighted by molar-refractivity contribution is 6.06. The molecule has 0 radical (unpaired) electrons. The maximum Gasteiger partial charge on any atom is 0.160 e. The summed E-state index contributed by atoms with van der Waals surface area (Å²) >= 11 is 0. The molecule has 0 bridgehead atoms. The molecule has 1 heterocycles. The van der Waals surface area contributed by atoms with Crippen LogP contribution >= 0.6 is 0 Å². The molecule has 0 amide bonds. The average molecular weight is 891 g/mol. The Morgan fingerprint density at radius 2 is 0.757 bits per heavy atom. The maximum atomic E-state index is 5.32. The average Bonchev–Trinajstić information content (AvgIpc) is 3.70. The second-order valence-electron chi connectivity index (χ2n) is 18.6. The smallest absolute Gasteiger partial charge is 0.160 e. The summed E-state index contributed by atoms with van der Waals surface area (Å²) < 4.78 is 0. The number of rotatable bonds is 8. The third-order valence-corrected chi connectivity index (χ3v) is 14.6. The van der Waals surface area contributed by atoms with Gasteiger partial charge in [-0.25, -0.2) is 9.97 Å². The highest BCUT2D eigenvalue weighted by Gasteiger charge is 2.40. The van der Waals surface area contributed by atoms with Crippen LogP contribution in [0, 0.1) is 0 Å². The van der Waals surface area contributed by atoms with E-state index in [1.54, 1.807) is 0 Å². The Morgan fingerprint density at radius 3 is 1.51 bits per heavy atom. The van der Waals surface area contributed by atoms with Gasteiger partial charge in [-0.2, -0.15) is 0 Å². The first-order valence-corrected chi connectivity index (χ1v) is 24.1. The van der Waals surface area contributed by atoms with Gasteiger partial charge < -0.3 is 0 Å². The zero-order valence-electron chi connectivity index (χ0n) is 38.7. The molecule has 1 unspecified atom stereocenters. The number of fused-ring (bicyclic) bond motifs is 5. The van der Waals surface area contributed by atoms with Crippen LogP contribution in [0.3, 0.4) is 0 Å². The quantitative estimate of drug-likeness (QED) is 0.152. The molecule has 0 aliphatic heterocycles. The fourth-order valence-electron chi connectivity index (χ4n) is 11.0. The molecule has 328 valence electrons. The molecule has 1 aromatic heterocycles. The lowest BCUT2D eigenvalue weighted by molar-refractivity contribution is 0.714. The zero-order valence-corrected chi connectivity index (χ0v) is 38.7. The Morgan fingerprint density at radius 1 is 0.271 bits per heavy atom. The van der Waals surface area contributed by atoms with E-state index in [0.29, 0.717) is 5.82 Å². The Kier molecular flexibility index (Phi) is 9.99. The molecule has 0 N–H and O–H groups in total. The molecule has 1 aliphatic carbocycles. The van der Waals surface area contributed by atoms with Crippen molar-refractivity contribution in [3.63, 3.8) is 0 Å². The van der Waals surface area contributed by atoms with Crippen molar-refractivity contribution in [3.8, 4) is 89.5 Å². The molecule has 2 heteroatoms. The molecule has 70 heavy (non-hydrogen) atoms. The second-order valence-corrected chi connectivity index (χ2v) is 18.6. The monoisotopic (exact) mass is 890 g/mol. The number of nitrogens with zero attached hydrogens (tertiary/aromatic N) is 2. The van der Waals surface area contributed by atoms with Crippen LogP contribution in [0.25, 0.3) is 111 Å². The van der Waals surface area contributed by atoms with Gasteiger partial charge in [-0.1, -0.05) is 231 Å². The van der Waals surface area contributed by atoms with E-state index in [9.17, 15) is 0 Å². The van der Waals surface area contributed by atoms with Gasteiger partial charge in [0.2, 0.25) is 0 Å². The van der Waals surface area contributed by atoms with E-state index in [0.717, 1.165) is 44.4 Å². The maximum absolute atomic E-state index is 5.32. The van der Waals surface area contributed by atoms with Crippen LogP contribution < -0.4 is 0 Å². The Labute approximate surface area is 408 Å². The minimum atomic E-state index is -0.307. The summed E-state index contributed by atoms with van der Waals surface area (Å²) in [5.41, 5.74) is 20.5. The summed E-state index contributed by atoms with van der Waals surface area (Å²) in [6.45, 7) is 2.40. The van der Waals surface area contributed by atoms with Crippen LogP contribution in [-0.2, 0) is 5.41 Å². The van der Waals surface area contributed by atoms with Crippen molar-refractivity contribution in [1.29, 1.82) is 0 Å². The molecule has 0 spiro atoms. The van der Waals surface area contributed by atoms with Crippen molar-refractivity contribution >= 4 is 21.5 Å². The van der Waals surface area contributed by atoms with E-state index in [2.05, 4.69) is 250 Å². The molecular formula is C68H46N2. The van der Waals surface area contributed by atoms with Gasteiger partial charge in [0.05, 0.1) is 11.4 Å². The van der Waals surface area contributed by atoms with E-state index in [-0.39, 0.29) is 5.41 Å². The lowest BCUT2D eigenvalue weighted by Crippen LogP contribution is -2.22. The van der Waals surface area contributed by atoms with E-state index in [1.807, 2.05) is 18.2 Å². The highest BCUT2D eigenvalue weighted by atomic mass is 14.9.